The topological polar surface area (TPSA) is 37.3 Å². The minimum atomic E-state index is -2.62. The summed E-state index contributed by atoms with van der Waals surface area (Å²) in [7, 11) is 0. The largest absolute Gasteiger partial charge is 0.479 e. The van der Waals surface area contributed by atoms with Gasteiger partial charge in [0, 0.05) is 0 Å². The van der Waals surface area contributed by atoms with E-state index in [-0.39, 0.29) is 12.4 Å². The van der Waals surface area contributed by atoms with E-state index in [1.54, 1.807) is 0 Å². The summed E-state index contributed by atoms with van der Waals surface area (Å²) in [6.45, 7) is 0. The highest BCUT2D eigenvalue weighted by Crippen LogP contribution is 2.56. The molecular formula is C4H2Cl8O2. The van der Waals surface area contributed by atoms with Gasteiger partial charge < -0.3 is 5.11 Å². The molecule has 86 valence electrons. The molecule has 10 heteroatoms. The zero-order chi connectivity index (χ0) is 11.1. The third kappa shape index (κ3) is 3.39. The van der Waals surface area contributed by atoms with Crippen molar-refractivity contribution in [3.05, 3.63) is 0 Å². The second kappa shape index (κ2) is 5.42. The van der Waals surface area contributed by atoms with E-state index >= 15 is 0 Å². The van der Waals surface area contributed by atoms with Crippen LogP contribution >= 0.6 is 93.6 Å². The third-order valence-electron chi connectivity index (χ3n) is 1.02. The maximum absolute atomic E-state index is 10.5. The molecule has 0 aliphatic carbocycles. The number of hydrogen-bond acceptors (Lipinski definition) is 1. The molecule has 0 rings (SSSR count). The first kappa shape index (κ1) is 18.2. The van der Waals surface area contributed by atoms with Crippen LogP contribution in [0.3, 0.4) is 0 Å². The predicted molar refractivity (Wildman–Crippen MR) is 64.0 cm³/mol. The molecule has 2 nitrogen and oxygen atoms in total. The van der Waals surface area contributed by atoms with Crippen LogP contribution in [-0.2, 0) is 4.79 Å². The number of rotatable bonds is 2. The fourth-order valence-corrected chi connectivity index (χ4v) is 1.47. The predicted octanol–water partition coefficient (Wildman–Crippen LogP) is 4.21. The van der Waals surface area contributed by atoms with Gasteiger partial charge in [0.2, 0.25) is 8.13 Å². The average molecular weight is 366 g/mol. The molecular weight excluding hydrogens is 364 g/mol. The molecule has 0 radical (unpaired) electrons. The summed E-state index contributed by atoms with van der Waals surface area (Å²) < 4.78 is -7.43. The molecule has 0 saturated heterocycles. The Bertz CT molecular complexity index is 218. The molecule has 0 unspecified atom stereocenters. The van der Waals surface area contributed by atoms with Gasteiger partial charge in [-0.15, -0.1) is 12.4 Å². The van der Waals surface area contributed by atoms with Crippen LogP contribution in [0.4, 0.5) is 0 Å². The Morgan fingerprint density at radius 3 is 1.29 bits per heavy atom. The van der Waals surface area contributed by atoms with E-state index in [4.69, 9.17) is 86.3 Å². The van der Waals surface area contributed by atoms with Crippen LogP contribution in [0.2, 0.25) is 0 Å². The second-order valence-electron chi connectivity index (χ2n) is 1.95. The van der Waals surface area contributed by atoms with Gasteiger partial charge in [-0.3, -0.25) is 0 Å². The lowest BCUT2D eigenvalue weighted by Gasteiger charge is -2.34. The van der Waals surface area contributed by atoms with Crippen LogP contribution in [0.5, 0.6) is 0 Å². The molecule has 0 atom stereocenters. The van der Waals surface area contributed by atoms with Gasteiger partial charge in [-0.25, -0.2) is 4.79 Å². The first-order valence-electron chi connectivity index (χ1n) is 2.50. The minimum Gasteiger partial charge on any atom is -0.479 e. The summed E-state index contributed by atoms with van der Waals surface area (Å²) >= 11 is 37.3. The summed E-state index contributed by atoms with van der Waals surface area (Å²) in [5, 5.41) is 8.53. The second-order valence-corrected chi connectivity index (χ2v) is 6.89. The molecule has 0 spiro atoms. The maximum atomic E-state index is 10.5. The normalized spacial score (nSPS) is 13.4. The van der Waals surface area contributed by atoms with Crippen molar-refractivity contribution in [3.63, 3.8) is 0 Å². The lowest BCUT2D eigenvalue weighted by atomic mass is 10.3. The number of carboxylic acids is 1. The van der Waals surface area contributed by atoms with Gasteiger partial charge in [-0.1, -0.05) is 81.2 Å². The molecule has 0 amide bonds. The van der Waals surface area contributed by atoms with E-state index in [2.05, 4.69) is 0 Å². The molecule has 0 aromatic carbocycles. The zero-order valence-corrected chi connectivity index (χ0v) is 12.0. The number of carboxylic acid groups (broad SMARTS) is 1. The molecule has 0 heterocycles. The standard InChI is InChI=1S/C4HCl7O2.ClH/c5-2(6,1(12)13)3(7,8)4(9,10)11;/h(H,12,13);1H. The fourth-order valence-electron chi connectivity index (χ4n) is 0.312. The van der Waals surface area contributed by atoms with Gasteiger partial charge in [0.1, 0.15) is 0 Å². The van der Waals surface area contributed by atoms with Crippen LogP contribution in [0, 0.1) is 0 Å². The van der Waals surface area contributed by atoms with Gasteiger partial charge in [-0.2, -0.15) is 0 Å². The van der Waals surface area contributed by atoms with E-state index in [1.807, 2.05) is 0 Å². The van der Waals surface area contributed by atoms with Crippen molar-refractivity contribution in [1.82, 2.24) is 0 Å². The highest BCUT2D eigenvalue weighted by atomic mass is 35.6. The molecule has 0 saturated carbocycles. The number of halogens is 8. The molecule has 0 aromatic heterocycles. The molecule has 0 bridgehead atoms. The summed E-state index contributed by atoms with van der Waals surface area (Å²) in [4.78, 5) is 10.5. The van der Waals surface area contributed by atoms with Gasteiger partial charge in [0.15, 0.2) is 0 Å². The Morgan fingerprint density at radius 1 is 0.929 bits per heavy atom. The molecule has 0 aliphatic heterocycles. The third-order valence-corrected chi connectivity index (χ3v) is 4.86. The Hall–Kier alpha value is 1.79. The number of alkyl halides is 7. The Kier molecular flexibility index (Phi) is 7.03. The number of carbonyl (C=O) groups is 1. The fraction of sp³-hybridized carbons (Fsp3) is 0.750. The lowest BCUT2D eigenvalue weighted by Crippen LogP contribution is -2.51. The number of aliphatic carboxylic acids is 1. The van der Waals surface area contributed by atoms with Crippen molar-refractivity contribution in [1.29, 1.82) is 0 Å². The van der Waals surface area contributed by atoms with E-state index in [1.165, 1.54) is 0 Å². The van der Waals surface area contributed by atoms with Crippen molar-refractivity contribution in [2.75, 3.05) is 0 Å². The maximum Gasteiger partial charge on any atom is 0.343 e. The van der Waals surface area contributed by atoms with Gasteiger partial charge in [0.25, 0.3) is 4.33 Å². The molecule has 0 aliphatic rings. The molecule has 1 N–H and O–H groups in total. The first-order valence-corrected chi connectivity index (χ1v) is 5.15. The van der Waals surface area contributed by atoms with Gasteiger partial charge in [0.05, 0.1) is 0 Å². The summed E-state index contributed by atoms with van der Waals surface area (Å²) in [5.74, 6) is -1.72. The van der Waals surface area contributed by atoms with Crippen LogP contribution in [-0.4, -0.2) is 23.5 Å². The number of hydrogen-bond donors (Lipinski definition) is 1. The van der Waals surface area contributed by atoms with E-state index in [9.17, 15) is 4.79 Å². The van der Waals surface area contributed by atoms with Crippen molar-refractivity contribution in [2.24, 2.45) is 0 Å². The van der Waals surface area contributed by atoms with E-state index < -0.39 is 18.4 Å². The zero-order valence-electron chi connectivity index (χ0n) is 5.91. The Morgan fingerprint density at radius 2 is 1.21 bits per heavy atom. The first-order chi connectivity index (χ1) is 5.44. The monoisotopic (exact) mass is 362 g/mol. The SMILES string of the molecule is Cl.O=C(O)C(Cl)(Cl)C(Cl)(Cl)C(Cl)(Cl)Cl. The lowest BCUT2D eigenvalue weighted by molar-refractivity contribution is -0.138. The highest BCUT2D eigenvalue weighted by Gasteiger charge is 2.64. The van der Waals surface area contributed by atoms with Crippen molar-refractivity contribution in [3.8, 4) is 0 Å². The Labute approximate surface area is 121 Å². The van der Waals surface area contributed by atoms with Gasteiger partial charge >= 0.3 is 5.97 Å². The molecule has 14 heavy (non-hydrogen) atoms. The van der Waals surface area contributed by atoms with Crippen LogP contribution < -0.4 is 0 Å². The summed E-state index contributed by atoms with van der Waals surface area (Å²) in [5.41, 5.74) is 0. The summed E-state index contributed by atoms with van der Waals surface area (Å²) in [6.07, 6.45) is 0. The van der Waals surface area contributed by atoms with E-state index in [0.717, 1.165) is 0 Å². The highest BCUT2D eigenvalue weighted by molar-refractivity contribution is 6.80. The van der Waals surface area contributed by atoms with Crippen molar-refractivity contribution >= 4 is 99.6 Å². The van der Waals surface area contributed by atoms with Gasteiger partial charge in [-0.05, 0) is 0 Å². The van der Waals surface area contributed by atoms with Crippen LogP contribution in [0.1, 0.15) is 0 Å². The molecule has 0 aromatic rings. The van der Waals surface area contributed by atoms with Crippen molar-refractivity contribution in [2.45, 2.75) is 12.5 Å². The Balaban J connectivity index is 0. The molecule has 0 fully saturated rings. The summed E-state index contributed by atoms with van der Waals surface area (Å²) in [6, 6.07) is 0. The quantitative estimate of drug-likeness (QED) is 0.744. The van der Waals surface area contributed by atoms with Crippen LogP contribution in [0.25, 0.3) is 0 Å². The average Bonchev–Trinajstić information content (AvgIpc) is 1.84. The van der Waals surface area contributed by atoms with Crippen LogP contribution in [0.15, 0.2) is 0 Å². The van der Waals surface area contributed by atoms with Crippen molar-refractivity contribution < 1.29 is 9.90 Å². The minimum absolute atomic E-state index is 0. The smallest absolute Gasteiger partial charge is 0.343 e. The van der Waals surface area contributed by atoms with E-state index in [0.29, 0.717) is 0 Å².